The minimum absolute atomic E-state index is 0.804. The predicted octanol–water partition coefficient (Wildman–Crippen LogP) is 3.00. The number of rotatable bonds is 4. The van der Waals surface area contributed by atoms with E-state index < -0.39 is 0 Å². The molecule has 0 aromatic heterocycles. The lowest BCUT2D eigenvalue weighted by molar-refractivity contribution is 0.592. The highest BCUT2D eigenvalue weighted by Crippen LogP contribution is 2.08. The SMILES string of the molecule is CC(CBr)CCC[S]. The Labute approximate surface area is 65.6 Å². The van der Waals surface area contributed by atoms with Crippen molar-refractivity contribution in [2.45, 2.75) is 19.8 Å². The summed E-state index contributed by atoms with van der Waals surface area (Å²) in [7, 11) is 0. The Morgan fingerprint density at radius 2 is 2.25 bits per heavy atom. The van der Waals surface area contributed by atoms with Gasteiger partial charge in [-0.15, -0.1) is 0 Å². The van der Waals surface area contributed by atoms with Gasteiger partial charge in [-0.05, 0) is 18.8 Å². The molecule has 1 atom stereocenters. The van der Waals surface area contributed by atoms with Crippen LogP contribution in [0, 0.1) is 5.92 Å². The van der Waals surface area contributed by atoms with Crippen molar-refractivity contribution >= 4 is 28.6 Å². The van der Waals surface area contributed by atoms with Gasteiger partial charge in [0.15, 0.2) is 0 Å². The van der Waals surface area contributed by atoms with Crippen LogP contribution >= 0.6 is 28.6 Å². The summed E-state index contributed by atoms with van der Waals surface area (Å²) in [4.78, 5) is 0. The summed E-state index contributed by atoms with van der Waals surface area (Å²) in [5.41, 5.74) is 0. The van der Waals surface area contributed by atoms with Gasteiger partial charge in [0, 0.05) is 11.1 Å². The van der Waals surface area contributed by atoms with Gasteiger partial charge in [-0.1, -0.05) is 35.5 Å². The van der Waals surface area contributed by atoms with Crippen LogP contribution in [0.15, 0.2) is 0 Å². The first-order valence-electron chi connectivity index (χ1n) is 2.95. The number of hydrogen-bond acceptors (Lipinski definition) is 0. The zero-order valence-electron chi connectivity index (χ0n) is 5.19. The van der Waals surface area contributed by atoms with Gasteiger partial charge >= 0.3 is 0 Å². The summed E-state index contributed by atoms with van der Waals surface area (Å²) < 4.78 is 0. The lowest BCUT2D eigenvalue weighted by atomic mass is 10.1. The first-order chi connectivity index (χ1) is 3.81. The molecule has 8 heavy (non-hydrogen) atoms. The molecule has 0 aromatic carbocycles. The largest absolute Gasteiger partial charge is 0.0942 e. The highest BCUT2D eigenvalue weighted by Gasteiger charge is 1.96. The van der Waals surface area contributed by atoms with Crippen molar-refractivity contribution in [2.75, 3.05) is 11.1 Å². The van der Waals surface area contributed by atoms with Gasteiger partial charge in [0.1, 0.15) is 0 Å². The van der Waals surface area contributed by atoms with Gasteiger partial charge in [-0.25, -0.2) is 0 Å². The third-order valence-electron chi connectivity index (χ3n) is 1.10. The highest BCUT2D eigenvalue weighted by atomic mass is 79.9. The number of alkyl halides is 1. The average Bonchev–Trinajstić information content (AvgIpc) is 1.83. The fourth-order valence-corrected chi connectivity index (χ4v) is 0.999. The summed E-state index contributed by atoms with van der Waals surface area (Å²) in [6, 6.07) is 0. The second-order valence-electron chi connectivity index (χ2n) is 2.11. The quantitative estimate of drug-likeness (QED) is 0.606. The fraction of sp³-hybridized carbons (Fsp3) is 1.00. The molecule has 0 rings (SSSR count). The van der Waals surface area contributed by atoms with E-state index in [4.69, 9.17) is 12.6 Å². The topological polar surface area (TPSA) is 0 Å². The summed E-state index contributed by atoms with van der Waals surface area (Å²) in [6.45, 7) is 2.24. The van der Waals surface area contributed by atoms with Crippen molar-refractivity contribution in [3.05, 3.63) is 0 Å². The zero-order chi connectivity index (χ0) is 6.41. The van der Waals surface area contributed by atoms with Crippen molar-refractivity contribution in [2.24, 2.45) is 5.92 Å². The van der Waals surface area contributed by atoms with E-state index in [-0.39, 0.29) is 0 Å². The fourth-order valence-electron chi connectivity index (χ4n) is 0.509. The molecule has 0 bridgehead atoms. The van der Waals surface area contributed by atoms with Crippen molar-refractivity contribution < 1.29 is 0 Å². The summed E-state index contributed by atoms with van der Waals surface area (Å²) in [6.07, 6.45) is 2.47. The lowest BCUT2D eigenvalue weighted by Gasteiger charge is -2.02. The standard InChI is InChI=1S/C6H12BrS/c1-6(5-7)3-2-4-8/h6H,2-5H2,1H3. The van der Waals surface area contributed by atoms with E-state index in [2.05, 4.69) is 22.9 Å². The van der Waals surface area contributed by atoms with Crippen LogP contribution in [0.4, 0.5) is 0 Å². The van der Waals surface area contributed by atoms with Gasteiger partial charge in [0.05, 0.1) is 0 Å². The van der Waals surface area contributed by atoms with Crippen molar-refractivity contribution in [1.29, 1.82) is 0 Å². The zero-order valence-corrected chi connectivity index (χ0v) is 7.59. The van der Waals surface area contributed by atoms with E-state index in [0.29, 0.717) is 0 Å². The van der Waals surface area contributed by atoms with E-state index in [9.17, 15) is 0 Å². The van der Waals surface area contributed by atoms with Gasteiger partial charge in [-0.2, -0.15) is 0 Å². The normalized spacial score (nSPS) is 13.9. The molecule has 49 valence electrons. The van der Waals surface area contributed by atoms with Crippen molar-refractivity contribution in [1.82, 2.24) is 0 Å². The Bertz CT molecular complexity index is 47.8. The maximum absolute atomic E-state index is 4.80. The summed E-state index contributed by atoms with van der Waals surface area (Å²) in [5.74, 6) is 1.72. The van der Waals surface area contributed by atoms with Crippen LogP contribution in [0.1, 0.15) is 19.8 Å². The minimum atomic E-state index is 0.804. The van der Waals surface area contributed by atoms with E-state index in [1.165, 1.54) is 12.8 Å². The molecule has 1 radical (unpaired) electrons. The molecule has 0 aromatic rings. The highest BCUT2D eigenvalue weighted by molar-refractivity contribution is 9.09. The Kier molecular flexibility index (Phi) is 6.58. The molecule has 0 heterocycles. The van der Waals surface area contributed by atoms with Crippen molar-refractivity contribution in [3.63, 3.8) is 0 Å². The Morgan fingerprint density at radius 1 is 1.62 bits per heavy atom. The van der Waals surface area contributed by atoms with Crippen LogP contribution in [-0.4, -0.2) is 11.1 Å². The van der Waals surface area contributed by atoms with Crippen LogP contribution in [-0.2, 0) is 0 Å². The first-order valence-corrected chi connectivity index (χ1v) is 4.65. The molecule has 0 aliphatic rings. The predicted molar refractivity (Wildman–Crippen MR) is 44.7 cm³/mol. The van der Waals surface area contributed by atoms with E-state index in [0.717, 1.165) is 17.0 Å². The molecule has 0 saturated carbocycles. The van der Waals surface area contributed by atoms with Crippen molar-refractivity contribution in [3.8, 4) is 0 Å². The molecular formula is C6H12BrS. The maximum atomic E-state index is 4.80. The van der Waals surface area contributed by atoms with E-state index in [1.807, 2.05) is 0 Å². The third kappa shape index (κ3) is 4.98. The molecule has 0 N–H and O–H groups in total. The van der Waals surface area contributed by atoms with E-state index >= 15 is 0 Å². The van der Waals surface area contributed by atoms with E-state index in [1.54, 1.807) is 0 Å². The monoisotopic (exact) mass is 195 g/mol. The molecule has 0 saturated heterocycles. The minimum Gasteiger partial charge on any atom is -0.0942 e. The average molecular weight is 196 g/mol. The van der Waals surface area contributed by atoms with Gasteiger partial charge in [0.2, 0.25) is 0 Å². The van der Waals surface area contributed by atoms with Crippen LogP contribution in [0.3, 0.4) is 0 Å². The summed E-state index contributed by atoms with van der Waals surface area (Å²) >= 11 is 8.21. The van der Waals surface area contributed by atoms with Crippen LogP contribution in [0.25, 0.3) is 0 Å². The smallest absolute Gasteiger partial charge is 0.00570 e. The van der Waals surface area contributed by atoms with Crippen LogP contribution < -0.4 is 0 Å². The molecule has 0 fully saturated rings. The molecule has 0 spiro atoms. The first kappa shape index (κ1) is 8.83. The third-order valence-corrected chi connectivity index (χ3v) is 2.50. The maximum Gasteiger partial charge on any atom is 0.00570 e. The summed E-state index contributed by atoms with van der Waals surface area (Å²) in [5, 5.41) is 1.11. The van der Waals surface area contributed by atoms with Gasteiger partial charge in [-0.3, -0.25) is 0 Å². The molecule has 2 heteroatoms. The molecule has 0 aliphatic carbocycles. The van der Waals surface area contributed by atoms with Gasteiger partial charge in [0.25, 0.3) is 0 Å². The molecule has 1 unspecified atom stereocenters. The van der Waals surface area contributed by atoms with Gasteiger partial charge < -0.3 is 0 Å². The second kappa shape index (κ2) is 5.96. The molecular weight excluding hydrogens is 184 g/mol. The molecule has 0 amide bonds. The number of halogens is 1. The van der Waals surface area contributed by atoms with Crippen LogP contribution in [0.2, 0.25) is 0 Å². The molecule has 0 aliphatic heterocycles. The van der Waals surface area contributed by atoms with Crippen LogP contribution in [0.5, 0.6) is 0 Å². The Balaban J connectivity index is 2.86. The Hall–Kier alpha value is 0.830. The lowest BCUT2D eigenvalue weighted by Crippen LogP contribution is -1.94. The second-order valence-corrected chi connectivity index (χ2v) is 3.16. The molecule has 0 nitrogen and oxygen atoms in total. The number of hydrogen-bond donors (Lipinski definition) is 0. The Morgan fingerprint density at radius 3 is 2.62 bits per heavy atom.